The zero-order chi connectivity index (χ0) is 15.4. The lowest BCUT2D eigenvalue weighted by Crippen LogP contribution is -2.32. The predicted octanol–water partition coefficient (Wildman–Crippen LogP) is 4.12. The Balaban J connectivity index is 2.45. The van der Waals surface area contributed by atoms with Crippen molar-refractivity contribution in [3.8, 4) is 0 Å². The molecule has 0 aromatic heterocycles. The van der Waals surface area contributed by atoms with Crippen LogP contribution in [0.15, 0.2) is 42.5 Å². The summed E-state index contributed by atoms with van der Waals surface area (Å²) in [5.41, 5.74) is 6.81. The van der Waals surface area contributed by atoms with E-state index in [1.807, 2.05) is 6.92 Å². The van der Waals surface area contributed by atoms with Crippen LogP contribution in [0.4, 0.5) is 15.8 Å². The number of carbonyl (C=O) groups excluding carboxylic acids is 1. The van der Waals surface area contributed by atoms with Gasteiger partial charge >= 0.3 is 0 Å². The fourth-order valence-corrected chi connectivity index (χ4v) is 2.35. The molecule has 5 heteroatoms. The Hall–Kier alpha value is -2.07. The minimum atomic E-state index is -0.627. The predicted molar refractivity (Wildman–Crippen MR) is 84.2 cm³/mol. The maximum Gasteiger partial charge on any atom is 0.262 e. The van der Waals surface area contributed by atoms with Crippen molar-refractivity contribution in [2.75, 3.05) is 17.2 Å². The highest BCUT2D eigenvalue weighted by atomic mass is 35.5. The molecule has 0 atom stereocenters. The molecule has 3 nitrogen and oxygen atoms in total. The molecule has 0 aliphatic rings. The van der Waals surface area contributed by atoms with Gasteiger partial charge in [-0.1, -0.05) is 30.7 Å². The average Bonchev–Trinajstić information content (AvgIpc) is 2.44. The molecule has 0 unspecified atom stereocenters. The van der Waals surface area contributed by atoms with Crippen LogP contribution in [0.3, 0.4) is 0 Å². The van der Waals surface area contributed by atoms with Crippen LogP contribution < -0.4 is 10.6 Å². The SMILES string of the molecule is CCCN(C(=O)c1c(F)cccc1Cl)c1cccc(N)c1. The highest BCUT2D eigenvalue weighted by Gasteiger charge is 2.22. The lowest BCUT2D eigenvalue weighted by Gasteiger charge is -2.23. The molecule has 0 bridgehead atoms. The summed E-state index contributed by atoms with van der Waals surface area (Å²) >= 11 is 5.98. The van der Waals surface area contributed by atoms with Crippen molar-refractivity contribution in [1.82, 2.24) is 0 Å². The van der Waals surface area contributed by atoms with Crippen molar-refractivity contribution in [1.29, 1.82) is 0 Å². The summed E-state index contributed by atoms with van der Waals surface area (Å²) < 4.78 is 13.9. The minimum Gasteiger partial charge on any atom is -0.399 e. The molecule has 0 saturated heterocycles. The second kappa shape index (κ2) is 6.59. The smallest absolute Gasteiger partial charge is 0.262 e. The Morgan fingerprint density at radius 1 is 1.29 bits per heavy atom. The number of hydrogen-bond donors (Lipinski definition) is 1. The number of nitrogens with two attached hydrogens (primary N) is 1. The van der Waals surface area contributed by atoms with Gasteiger partial charge in [-0.2, -0.15) is 0 Å². The average molecular weight is 307 g/mol. The van der Waals surface area contributed by atoms with E-state index in [1.165, 1.54) is 23.1 Å². The van der Waals surface area contributed by atoms with E-state index in [-0.39, 0.29) is 10.6 Å². The summed E-state index contributed by atoms with van der Waals surface area (Å²) in [7, 11) is 0. The Bertz CT molecular complexity index is 640. The first-order valence-electron chi connectivity index (χ1n) is 6.66. The van der Waals surface area contributed by atoms with Crippen molar-refractivity contribution in [3.63, 3.8) is 0 Å². The summed E-state index contributed by atoms with van der Waals surface area (Å²) in [4.78, 5) is 14.1. The Morgan fingerprint density at radius 2 is 2.00 bits per heavy atom. The zero-order valence-electron chi connectivity index (χ0n) is 11.6. The van der Waals surface area contributed by atoms with E-state index in [0.29, 0.717) is 17.9 Å². The van der Waals surface area contributed by atoms with Crippen LogP contribution in [0.2, 0.25) is 5.02 Å². The molecule has 1 amide bonds. The number of benzene rings is 2. The Labute approximate surface area is 128 Å². The van der Waals surface area contributed by atoms with Gasteiger partial charge in [0.1, 0.15) is 5.82 Å². The van der Waals surface area contributed by atoms with Gasteiger partial charge in [0.15, 0.2) is 0 Å². The quantitative estimate of drug-likeness (QED) is 0.864. The van der Waals surface area contributed by atoms with E-state index in [9.17, 15) is 9.18 Å². The number of nitrogens with zero attached hydrogens (tertiary/aromatic N) is 1. The second-order valence-electron chi connectivity index (χ2n) is 4.65. The van der Waals surface area contributed by atoms with Crippen LogP contribution in [-0.4, -0.2) is 12.5 Å². The first-order chi connectivity index (χ1) is 10.0. The third-order valence-electron chi connectivity index (χ3n) is 3.05. The van der Waals surface area contributed by atoms with Gasteiger partial charge in [-0.15, -0.1) is 0 Å². The Morgan fingerprint density at radius 3 is 2.62 bits per heavy atom. The normalized spacial score (nSPS) is 10.4. The molecule has 0 heterocycles. The summed E-state index contributed by atoms with van der Waals surface area (Å²) in [6, 6.07) is 11.1. The molecular formula is C16H16ClFN2O. The number of hydrogen-bond acceptors (Lipinski definition) is 2. The van der Waals surface area contributed by atoms with E-state index in [4.69, 9.17) is 17.3 Å². The van der Waals surface area contributed by atoms with Crippen molar-refractivity contribution in [3.05, 3.63) is 58.9 Å². The van der Waals surface area contributed by atoms with E-state index in [0.717, 1.165) is 6.42 Å². The van der Waals surface area contributed by atoms with Crippen molar-refractivity contribution in [2.24, 2.45) is 0 Å². The largest absolute Gasteiger partial charge is 0.399 e. The van der Waals surface area contributed by atoms with Gasteiger partial charge < -0.3 is 10.6 Å². The van der Waals surface area contributed by atoms with Crippen LogP contribution in [0.5, 0.6) is 0 Å². The lowest BCUT2D eigenvalue weighted by molar-refractivity contribution is 0.0983. The van der Waals surface area contributed by atoms with Gasteiger partial charge in [-0.05, 0) is 36.8 Å². The van der Waals surface area contributed by atoms with E-state index >= 15 is 0 Å². The van der Waals surface area contributed by atoms with Crippen LogP contribution >= 0.6 is 11.6 Å². The molecule has 21 heavy (non-hydrogen) atoms. The third kappa shape index (κ3) is 3.34. The first kappa shape index (κ1) is 15.3. The molecule has 0 saturated carbocycles. The fraction of sp³-hybridized carbons (Fsp3) is 0.188. The number of nitrogen functional groups attached to an aromatic ring is 1. The molecule has 110 valence electrons. The number of halogens is 2. The van der Waals surface area contributed by atoms with Gasteiger partial charge in [-0.25, -0.2) is 4.39 Å². The maximum absolute atomic E-state index is 13.9. The number of anilines is 2. The summed E-state index contributed by atoms with van der Waals surface area (Å²) in [5, 5.41) is 0.102. The molecular weight excluding hydrogens is 291 g/mol. The zero-order valence-corrected chi connectivity index (χ0v) is 12.4. The maximum atomic E-state index is 13.9. The lowest BCUT2D eigenvalue weighted by atomic mass is 10.1. The molecule has 0 aliphatic heterocycles. The summed E-state index contributed by atoms with van der Waals surface area (Å²) in [5.74, 6) is -1.09. The van der Waals surface area contributed by atoms with Gasteiger partial charge in [0, 0.05) is 17.9 Å². The monoisotopic (exact) mass is 306 g/mol. The highest BCUT2D eigenvalue weighted by molar-refractivity contribution is 6.34. The highest BCUT2D eigenvalue weighted by Crippen LogP contribution is 2.25. The van der Waals surface area contributed by atoms with E-state index < -0.39 is 11.7 Å². The van der Waals surface area contributed by atoms with Crippen molar-refractivity contribution in [2.45, 2.75) is 13.3 Å². The van der Waals surface area contributed by atoms with Gasteiger partial charge in [0.2, 0.25) is 0 Å². The molecule has 0 radical (unpaired) electrons. The molecule has 2 rings (SSSR count). The standard InChI is InChI=1S/C16H16ClFN2O/c1-2-9-20(12-6-3-5-11(19)10-12)16(21)15-13(17)7-4-8-14(15)18/h3-8,10H,2,9,19H2,1H3. The molecule has 0 fully saturated rings. The van der Waals surface area contributed by atoms with Gasteiger partial charge in [0.05, 0.1) is 10.6 Å². The number of amides is 1. The minimum absolute atomic E-state index is 0.102. The Kier molecular flexibility index (Phi) is 4.81. The topological polar surface area (TPSA) is 46.3 Å². The van der Waals surface area contributed by atoms with Crippen molar-refractivity contribution >= 4 is 28.9 Å². The van der Waals surface area contributed by atoms with Crippen LogP contribution in [0.1, 0.15) is 23.7 Å². The van der Waals surface area contributed by atoms with E-state index in [1.54, 1.807) is 24.3 Å². The molecule has 2 aromatic carbocycles. The molecule has 0 aliphatic carbocycles. The first-order valence-corrected chi connectivity index (χ1v) is 7.03. The van der Waals surface area contributed by atoms with Gasteiger partial charge in [0.25, 0.3) is 5.91 Å². The van der Waals surface area contributed by atoms with Crippen molar-refractivity contribution < 1.29 is 9.18 Å². The van der Waals surface area contributed by atoms with E-state index in [2.05, 4.69) is 0 Å². The number of carbonyl (C=O) groups is 1. The summed E-state index contributed by atoms with van der Waals surface area (Å²) in [6.45, 7) is 2.39. The molecule has 2 aromatic rings. The molecule has 2 N–H and O–H groups in total. The fourth-order valence-electron chi connectivity index (χ4n) is 2.10. The third-order valence-corrected chi connectivity index (χ3v) is 3.37. The second-order valence-corrected chi connectivity index (χ2v) is 5.06. The summed E-state index contributed by atoms with van der Waals surface area (Å²) in [6.07, 6.45) is 0.729. The van der Waals surface area contributed by atoms with Crippen LogP contribution in [0, 0.1) is 5.82 Å². The van der Waals surface area contributed by atoms with Crippen LogP contribution in [0.25, 0.3) is 0 Å². The molecule has 0 spiro atoms. The van der Waals surface area contributed by atoms with Crippen LogP contribution in [-0.2, 0) is 0 Å². The number of rotatable bonds is 4. The van der Waals surface area contributed by atoms with Gasteiger partial charge in [-0.3, -0.25) is 4.79 Å².